The van der Waals surface area contributed by atoms with Crippen molar-refractivity contribution in [1.82, 2.24) is 4.90 Å². The average Bonchev–Trinajstić information content (AvgIpc) is 2.34. The van der Waals surface area contributed by atoms with Crippen LogP contribution in [0.25, 0.3) is 10.8 Å². The van der Waals surface area contributed by atoms with E-state index in [0.29, 0.717) is 0 Å². The Labute approximate surface area is 107 Å². The maximum absolute atomic E-state index is 2.39. The van der Waals surface area contributed by atoms with Gasteiger partial charge in [0.1, 0.15) is 7.05 Å². The lowest BCUT2D eigenvalue weighted by Gasteiger charge is -2.27. The molecule has 4 rings (SSSR count). The molecule has 0 aliphatic carbocycles. The highest BCUT2D eigenvalue weighted by Gasteiger charge is 2.23. The van der Waals surface area contributed by atoms with E-state index in [4.69, 9.17) is 0 Å². The maximum Gasteiger partial charge on any atom is 0.171 e. The van der Waals surface area contributed by atoms with E-state index in [-0.39, 0.29) is 0 Å². The predicted molar refractivity (Wildman–Crippen MR) is 74.2 cm³/mol. The van der Waals surface area contributed by atoms with Gasteiger partial charge in [-0.2, -0.15) is 0 Å². The van der Waals surface area contributed by atoms with Crippen LogP contribution < -0.4 is 0 Å². The average molecular weight is 237 g/mol. The first-order valence-corrected chi connectivity index (χ1v) is 6.52. The first-order valence-electron chi connectivity index (χ1n) is 6.52. The third kappa shape index (κ3) is 1.30. The third-order valence-corrected chi connectivity index (χ3v) is 4.11. The summed E-state index contributed by atoms with van der Waals surface area (Å²) in [7, 11) is 4.35. The van der Waals surface area contributed by atoms with Crippen molar-refractivity contribution in [2.45, 2.75) is 19.6 Å². The summed E-state index contributed by atoms with van der Waals surface area (Å²) in [5, 5.41) is 3.02. The predicted octanol–water partition coefficient (Wildman–Crippen LogP) is 2.36. The molecule has 2 aromatic carbocycles. The fourth-order valence-corrected chi connectivity index (χ4v) is 3.43. The lowest BCUT2D eigenvalue weighted by molar-refractivity contribution is -0.509. The van der Waals surface area contributed by atoms with Gasteiger partial charge in [0.2, 0.25) is 0 Å². The van der Waals surface area contributed by atoms with Crippen LogP contribution in [0.2, 0.25) is 0 Å². The van der Waals surface area contributed by atoms with Crippen LogP contribution in [-0.2, 0) is 19.6 Å². The van der Waals surface area contributed by atoms with Gasteiger partial charge < -0.3 is 0 Å². The SMILES string of the molecule is CN1Cc2ccc3c4c(ccc(c24)C1)C[N+](C)=C3. The molecular formula is C16H17N2+. The number of hydrogen-bond donors (Lipinski definition) is 0. The standard InChI is InChI=1S/C16H17N2/c1-17-7-11-3-5-13-9-18(2)10-14-6-4-12(8-17)15(11)16(13)14/h3-7H,8-10H2,1-2H3/q+1. The minimum atomic E-state index is 1.03. The van der Waals surface area contributed by atoms with Crippen LogP contribution in [0.4, 0.5) is 0 Å². The first-order chi connectivity index (χ1) is 8.72. The van der Waals surface area contributed by atoms with Crippen molar-refractivity contribution in [2.75, 3.05) is 14.1 Å². The smallest absolute Gasteiger partial charge is 0.171 e. The molecule has 0 fully saturated rings. The molecule has 2 aliphatic heterocycles. The van der Waals surface area contributed by atoms with Crippen molar-refractivity contribution in [2.24, 2.45) is 0 Å². The number of hydrogen-bond acceptors (Lipinski definition) is 1. The van der Waals surface area contributed by atoms with E-state index in [2.05, 4.69) is 54.1 Å². The fraction of sp³-hybridized carbons (Fsp3) is 0.312. The van der Waals surface area contributed by atoms with Crippen LogP contribution in [0.1, 0.15) is 22.3 Å². The van der Waals surface area contributed by atoms with E-state index in [1.165, 1.54) is 33.0 Å². The maximum atomic E-state index is 2.39. The molecule has 0 amide bonds. The third-order valence-electron chi connectivity index (χ3n) is 4.11. The van der Waals surface area contributed by atoms with Gasteiger partial charge in [0, 0.05) is 29.6 Å². The van der Waals surface area contributed by atoms with E-state index in [1.54, 1.807) is 0 Å². The molecule has 0 saturated heterocycles. The lowest BCUT2D eigenvalue weighted by Crippen LogP contribution is -2.23. The van der Waals surface area contributed by atoms with Crippen LogP contribution in [0.3, 0.4) is 0 Å². The van der Waals surface area contributed by atoms with Crippen LogP contribution in [-0.4, -0.2) is 29.8 Å². The molecule has 2 aromatic rings. The van der Waals surface area contributed by atoms with Crippen molar-refractivity contribution in [3.63, 3.8) is 0 Å². The Balaban J connectivity index is 2.14. The quantitative estimate of drug-likeness (QED) is 0.638. The summed E-state index contributed by atoms with van der Waals surface area (Å²) in [6.07, 6.45) is 2.27. The van der Waals surface area contributed by atoms with Crippen LogP contribution >= 0.6 is 0 Å². The summed E-state index contributed by atoms with van der Waals surface area (Å²) in [4.78, 5) is 2.39. The monoisotopic (exact) mass is 237 g/mol. The molecule has 0 aromatic heterocycles. The lowest BCUT2D eigenvalue weighted by atomic mass is 9.88. The first kappa shape index (κ1) is 10.3. The van der Waals surface area contributed by atoms with E-state index in [0.717, 1.165) is 19.6 Å². The van der Waals surface area contributed by atoms with Crippen molar-refractivity contribution >= 4 is 17.0 Å². The summed E-state index contributed by atoms with van der Waals surface area (Å²) in [6.45, 7) is 3.18. The van der Waals surface area contributed by atoms with Gasteiger partial charge in [-0.15, -0.1) is 0 Å². The molecule has 0 saturated carbocycles. The Hall–Kier alpha value is -1.67. The summed E-state index contributed by atoms with van der Waals surface area (Å²) in [5.74, 6) is 0. The number of nitrogens with zero attached hydrogens (tertiary/aromatic N) is 2. The Morgan fingerprint density at radius 2 is 1.61 bits per heavy atom. The van der Waals surface area contributed by atoms with E-state index >= 15 is 0 Å². The van der Waals surface area contributed by atoms with Crippen LogP contribution in [0.15, 0.2) is 24.3 Å². The largest absolute Gasteiger partial charge is 0.298 e. The zero-order valence-electron chi connectivity index (χ0n) is 10.9. The summed E-state index contributed by atoms with van der Waals surface area (Å²) < 4.78 is 2.27. The van der Waals surface area contributed by atoms with Crippen molar-refractivity contribution in [3.05, 3.63) is 46.5 Å². The van der Waals surface area contributed by atoms with Gasteiger partial charge in [0.05, 0.1) is 0 Å². The van der Waals surface area contributed by atoms with Crippen molar-refractivity contribution in [3.8, 4) is 0 Å². The zero-order chi connectivity index (χ0) is 12.3. The molecule has 0 bridgehead atoms. The van der Waals surface area contributed by atoms with Gasteiger partial charge in [-0.1, -0.05) is 18.2 Å². The summed E-state index contributed by atoms with van der Waals surface area (Å²) >= 11 is 0. The van der Waals surface area contributed by atoms with Gasteiger partial charge in [0.15, 0.2) is 12.8 Å². The Bertz CT molecular complexity index is 686. The minimum absolute atomic E-state index is 1.03. The molecule has 0 unspecified atom stereocenters. The fourth-order valence-electron chi connectivity index (χ4n) is 3.43. The second-order valence-corrected chi connectivity index (χ2v) is 5.66. The van der Waals surface area contributed by atoms with Gasteiger partial charge in [-0.25, -0.2) is 4.58 Å². The van der Waals surface area contributed by atoms with E-state index in [1.807, 2.05) is 0 Å². The Morgan fingerprint density at radius 1 is 0.944 bits per heavy atom. The van der Waals surface area contributed by atoms with E-state index < -0.39 is 0 Å². The summed E-state index contributed by atoms with van der Waals surface area (Å²) in [5.41, 5.74) is 5.82. The van der Waals surface area contributed by atoms with Crippen LogP contribution in [0, 0.1) is 0 Å². The molecule has 90 valence electrons. The number of benzene rings is 2. The molecule has 2 aliphatic rings. The second kappa shape index (κ2) is 3.42. The molecule has 2 nitrogen and oxygen atoms in total. The topological polar surface area (TPSA) is 6.25 Å². The molecular weight excluding hydrogens is 220 g/mol. The van der Waals surface area contributed by atoms with Crippen molar-refractivity contribution in [1.29, 1.82) is 0 Å². The molecule has 18 heavy (non-hydrogen) atoms. The number of rotatable bonds is 0. The van der Waals surface area contributed by atoms with Gasteiger partial charge in [0.25, 0.3) is 0 Å². The van der Waals surface area contributed by atoms with Crippen molar-refractivity contribution < 1.29 is 4.58 Å². The summed E-state index contributed by atoms with van der Waals surface area (Å²) in [6, 6.07) is 9.21. The molecule has 0 atom stereocenters. The highest BCUT2D eigenvalue weighted by atomic mass is 15.1. The Kier molecular flexibility index (Phi) is 1.95. The molecule has 0 N–H and O–H groups in total. The molecule has 2 heterocycles. The molecule has 0 radical (unpaired) electrons. The Morgan fingerprint density at radius 3 is 2.39 bits per heavy atom. The minimum Gasteiger partial charge on any atom is -0.298 e. The van der Waals surface area contributed by atoms with Gasteiger partial charge in [-0.3, -0.25) is 4.90 Å². The van der Waals surface area contributed by atoms with Gasteiger partial charge >= 0.3 is 0 Å². The highest BCUT2D eigenvalue weighted by molar-refractivity contribution is 6.04. The molecule has 0 spiro atoms. The van der Waals surface area contributed by atoms with Gasteiger partial charge in [-0.05, 0) is 29.6 Å². The zero-order valence-corrected chi connectivity index (χ0v) is 10.9. The van der Waals surface area contributed by atoms with E-state index in [9.17, 15) is 0 Å². The van der Waals surface area contributed by atoms with Crippen LogP contribution in [0.5, 0.6) is 0 Å². The molecule has 2 heteroatoms. The second-order valence-electron chi connectivity index (χ2n) is 5.66. The highest BCUT2D eigenvalue weighted by Crippen LogP contribution is 2.34. The normalized spacial score (nSPS) is 18.0.